The summed E-state index contributed by atoms with van der Waals surface area (Å²) in [5.41, 5.74) is 1.20. The van der Waals surface area contributed by atoms with Crippen LogP contribution in [-0.2, 0) is 16.0 Å². The third kappa shape index (κ3) is 3.78. The van der Waals surface area contributed by atoms with Crippen molar-refractivity contribution in [2.24, 2.45) is 5.92 Å². The Morgan fingerprint density at radius 2 is 2.04 bits per heavy atom. The minimum absolute atomic E-state index is 0.0585. The first kappa shape index (κ1) is 16.0. The molecule has 1 N–H and O–H groups in total. The molecule has 2 aliphatic heterocycles. The highest BCUT2D eigenvalue weighted by atomic mass is 16.5. The van der Waals surface area contributed by atoms with Crippen LogP contribution in [0.2, 0.25) is 0 Å². The molecule has 1 aromatic heterocycles. The maximum absolute atomic E-state index is 12.4. The Labute approximate surface area is 143 Å². The lowest BCUT2D eigenvalue weighted by molar-refractivity contribution is -0.143. The van der Waals surface area contributed by atoms with E-state index in [1.54, 1.807) is 12.4 Å². The lowest BCUT2D eigenvalue weighted by Crippen LogP contribution is -2.48. The first-order valence-electron chi connectivity index (χ1n) is 9.36. The van der Waals surface area contributed by atoms with Crippen molar-refractivity contribution in [2.45, 2.75) is 56.8 Å². The molecule has 2 saturated heterocycles. The highest BCUT2D eigenvalue weighted by molar-refractivity contribution is 5.80. The van der Waals surface area contributed by atoms with Gasteiger partial charge in [-0.05, 0) is 62.1 Å². The van der Waals surface area contributed by atoms with Crippen molar-refractivity contribution in [1.29, 1.82) is 0 Å². The van der Waals surface area contributed by atoms with Gasteiger partial charge < -0.3 is 10.1 Å². The highest BCUT2D eigenvalue weighted by Gasteiger charge is 2.42. The number of rotatable bonds is 6. The van der Waals surface area contributed by atoms with Crippen molar-refractivity contribution >= 4 is 5.91 Å². The number of fused-ring (bicyclic) bond motifs is 1. The second-order valence-electron chi connectivity index (χ2n) is 7.43. The molecule has 5 nitrogen and oxygen atoms in total. The molecule has 0 aromatic carbocycles. The van der Waals surface area contributed by atoms with Gasteiger partial charge in [0.05, 0.1) is 6.10 Å². The molecule has 24 heavy (non-hydrogen) atoms. The molecule has 1 aromatic rings. The maximum atomic E-state index is 12.4. The summed E-state index contributed by atoms with van der Waals surface area (Å²) in [4.78, 5) is 19.0. The molecule has 5 heteroatoms. The van der Waals surface area contributed by atoms with Crippen LogP contribution < -0.4 is 5.32 Å². The third-order valence-corrected chi connectivity index (χ3v) is 5.61. The van der Waals surface area contributed by atoms with Gasteiger partial charge in [0.25, 0.3) is 0 Å². The quantitative estimate of drug-likeness (QED) is 0.864. The van der Waals surface area contributed by atoms with Gasteiger partial charge in [-0.3, -0.25) is 14.7 Å². The van der Waals surface area contributed by atoms with Crippen LogP contribution in [0.15, 0.2) is 24.5 Å². The number of ether oxygens (including phenoxy) is 1. The second-order valence-corrected chi connectivity index (χ2v) is 7.43. The first-order valence-corrected chi connectivity index (χ1v) is 9.36. The number of carbonyl (C=O) groups excluding carboxylic acids is 1. The summed E-state index contributed by atoms with van der Waals surface area (Å²) in [5, 5.41) is 3.04. The van der Waals surface area contributed by atoms with E-state index < -0.39 is 0 Å². The summed E-state index contributed by atoms with van der Waals surface area (Å²) in [6.45, 7) is 3.04. The lowest BCUT2D eigenvalue weighted by Gasteiger charge is -2.35. The van der Waals surface area contributed by atoms with Gasteiger partial charge in [0.15, 0.2) is 0 Å². The van der Waals surface area contributed by atoms with E-state index >= 15 is 0 Å². The fraction of sp³-hybridized carbons (Fsp3) is 0.684. The number of hydrogen-bond acceptors (Lipinski definition) is 4. The van der Waals surface area contributed by atoms with Gasteiger partial charge in [-0.1, -0.05) is 0 Å². The molecule has 3 atom stereocenters. The number of nitrogens with zero attached hydrogens (tertiary/aromatic N) is 2. The molecule has 0 spiro atoms. The number of aromatic nitrogens is 1. The molecule has 130 valence electrons. The summed E-state index contributed by atoms with van der Waals surface area (Å²) in [7, 11) is 0. The Balaban J connectivity index is 1.22. The van der Waals surface area contributed by atoms with E-state index in [0.717, 1.165) is 38.1 Å². The van der Waals surface area contributed by atoms with Crippen LogP contribution >= 0.6 is 0 Å². The van der Waals surface area contributed by atoms with E-state index in [-0.39, 0.29) is 18.1 Å². The summed E-state index contributed by atoms with van der Waals surface area (Å²) >= 11 is 0. The average molecular weight is 329 g/mol. The van der Waals surface area contributed by atoms with Crippen molar-refractivity contribution in [1.82, 2.24) is 15.2 Å². The molecule has 3 heterocycles. The minimum atomic E-state index is -0.260. The standard InChI is InChI=1S/C19H27N3O2/c23-19(21-11-7-14-5-9-20-10-6-14)18-4-3-16-17(24-18)8-12-22(16)13-15-1-2-15/h5-6,9-10,15-18H,1-4,7-8,11-13H2,(H,21,23)/t16-,17-,18-/m0/s1. The largest absolute Gasteiger partial charge is 0.363 e. The molecule has 3 fully saturated rings. The molecule has 4 rings (SSSR count). The van der Waals surface area contributed by atoms with E-state index in [2.05, 4.69) is 15.2 Å². The Morgan fingerprint density at radius 3 is 2.83 bits per heavy atom. The molecular formula is C19H27N3O2. The molecule has 1 saturated carbocycles. The van der Waals surface area contributed by atoms with E-state index in [4.69, 9.17) is 4.74 Å². The van der Waals surface area contributed by atoms with Crippen molar-refractivity contribution < 1.29 is 9.53 Å². The van der Waals surface area contributed by atoms with E-state index in [1.807, 2.05) is 12.1 Å². The van der Waals surface area contributed by atoms with Crippen LogP contribution in [0.4, 0.5) is 0 Å². The Hall–Kier alpha value is -1.46. The predicted molar refractivity (Wildman–Crippen MR) is 91.5 cm³/mol. The lowest BCUT2D eigenvalue weighted by atomic mass is 9.98. The van der Waals surface area contributed by atoms with Gasteiger partial charge in [0.2, 0.25) is 5.91 Å². The van der Waals surface area contributed by atoms with E-state index in [0.29, 0.717) is 12.6 Å². The molecular weight excluding hydrogens is 302 g/mol. The minimum Gasteiger partial charge on any atom is -0.363 e. The van der Waals surface area contributed by atoms with Crippen LogP contribution in [0.1, 0.15) is 37.7 Å². The van der Waals surface area contributed by atoms with E-state index in [1.165, 1.54) is 24.9 Å². The number of nitrogens with one attached hydrogen (secondary N) is 1. The molecule has 0 unspecified atom stereocenters. The summed E-state index contributed by atoms with van der Waals surface area (Å²) in [5.74, 6) is 0.987. The number of pyridine rings is 1. The first-order chi connectivity index (χ1) is 11.8. The van der Waals surface area contributed by atoms with Gasteiger partial charge in [-0.2, -0.15) is 0 Å². The maximum Gasteiger partial charge on any atom is 0.249 e. The van der Waals surface area contributed by atoms with Crippen LogP contribution in [0.25, 0.3) is 0 Å². The van der Waals surface area contributed by atoms with Crippen molar-refractivity contribution in [2.75, 3.05) is 19.6 Å². The topological polar surface area (TPSA) is 54.5 Å². The predicted octanol–water partition coefficient (Wildman–Crippen LogP) is 1.77. The van der Waals surface area contributed by atoms with Crippen LogP contribution in [-0.4, -0.2) is 53.7 Å². The average Bonchev–Trinajstić information content (AvgIpc) is 3.35. The molecule has 1 aliphatic carbocycles. The van der Waals surface area contributed by atoms with Crippen LogP contribution in [0.5, 0.6) is 0 Å². The number of hydrogen-bond donors (Lipinski definition) is 1. The van der Waals surface area contributed by atoms with Gasteiger partial charge >= 0.3 is 0 Å². The zero-order valence-corrected chi connectivity index (χ0v) is 14.2. The van der Waals surface area contributed by atoms with Crippen molar-refractivity contribution in [3.63, 3.8) is 0 Å². The van der Waals surface area contributed by atoms with Gasteiger partial charge in [-0.25, -0.2) is 0 Å². The Kier molecular flexibility index (Phi) is 4.81. The number of likely N-dealkylation sites (tertiary alicyclic amines) is 1. The molecule has 0 bridgehead atoms. The zero-order chi connectivity index (χ0) is 16.4. The fourth-order valence-electron chi connectivity index (χ4n) is 4.06. The van der Waals surface area contributed by atoms with Crippen molar-refractivity contribution in [3.8, 4) is 0 Å². The van der Waals surface area contributed by atoms with Crippen LogP contribution in [0.3, 0.4) is 0 Å². The Bertz CT molecular complexity index is 561. The van der Waals surface area contributed by atoms with E-state index in [9.17, 15) is 4.79 Å². The van der Waals surface area contributed by atoms with Gasteiger partial charge in [0, 0.05) is 38.1 Å². The summed E-state index contributed by atoms with van der Waals surface area (Å²) in [6.07, 6.45) is 10.2. The SMILES string of the molecule is O=C(NCCc1ccncc1)[C@@H]1CC[C@H]2[C@H](CCN2CC2CC2)O1. The molecule has 3 aliphatic rings. The monoisotopic (exact) mass is 329 g/mol. The van der Waals surface area contributed by atoms with Gasteiger partial charge in [-0.15, -0.1) is 0 Å². The van der Waals surface area contributed by atoms with Crippen molar-refractivity contribution in [3.05, 3.63) is 30.1 Å². The molecule has 0 radical (unpaired) electrons. The van der Waals surface area contributed by atoms with Gasteiger partial charge in [0.1, 0.15) is 6.10 Å². The Morgan fingerprint density at radius 1 is 1.21 bits per heavy atom. The molecule has 1 amide bonds. The number of carbonyl (C=O) groups is 1. The van der Waals surface area contributed by atoms with Crippen LogP contribution in [0, 0.1) is 5.92 Å². The second kappa shape index (κ2) is 7.19. The fourth-order valence-corrected chi connectivity index (χ4v) is 4.06. The zero-order valence-electron chi connectivity index (χ0n) is 14.2. The highest BCUT2D eigenvalue weighted by Crippen LogP contribution is 2.36. The number of amides is 1. The normalized spacial score (nSPS) is 30.1. The summed E-state index contributed by atoms with van der Waals surface area (Å²) < 4.78 is 6.14. The smallest absolute Gasteiger partial charge is 0.249 e. The third-order valence-electron chi connectivity index (χ3n) is 5.61. The summed E-state index contributed by atoms with van der Waals surface area (Å²) in [6, 6.07) is 4.52.